The Morgan fingerprint density at radius 2 is 2.00 bits per heavy atom. The number of primary amides is 1. The van der Waals surface area contributed by atoms with Crippen molar-refractivity contribution in [2.24, 2.45) is 5.73 Å². The van der Waals surface area contributed by atoms with Crippen LogP contribution in [0.1, 0.15) is 19.3 Å². The van der Waals surface area contributed by atoms with Crippen LogP contribution in [0.2, 0.25) is 0 Å². The topological polar surface area (TPSA) is 64.8 Å². The second-order valence-corrected chi connectivity index (χ2v) is 5.22. The van der Waals surface area contributed by atoms with Crippen LogP contribution in [-0.2, 0) is 9.53 Å². The number of ether oxygens (including phenoxy) is 2. The normalized spacial score (nSPS) is 19.3. The number of carbonyl (C=O) groups is 1. The fourth-order valence-electron chi connectivity index (χ4n) is 2.60. The number of nitrogens with two attached hydrogens (primary N) is 1. The average Bonchev–Trinajstić information content (AvgIpc) is 2.52. The molecule has 0 aliphatic carbocycles. The zero-order valence-electron chi connectivity index (χ0n) is 12.4. The van der Waals surface area contributed by atoms with Crippen LogP contribution < -0.4 is 10.5 Å². The zero-order valence-corrected chi connectivity index (χ0v) is 12.4. The van der Waals surface area contributed by atoms with Crippen molar-refractivity contribution in [3.8, 4) is 5.75 Å². The number of likely N-dealkylation sites (tertiary alicyclic amines) is 1. The highest BCUT2D eigenvalue weighted by atomic mass is 16.5. The molecule has 1 aromatic carbocycles. The summed E-state index contributed by atoms with van der Waals surface area (Å²) in [6.07, 6.45) is 3.07. The van der Waals surface area contributed by atoms with Crippen molar-refractivity contribution in [2.75, 3.05) is 32.9 Å². The molecule has 116 valence electrons. The van der Waals surface area contributed by atoms with Crippen molar-refractivity contribution in [3.05, 3.63) is 30.3 Å². The standard InChI is InChI=1S/C16H24N2O3/c17-16(19)15-8-4-5-9-18(15)10-11-20-12-13-21-14-6-2-1-3-7-14/h1-3,6-7,15H,4-5,8-13H2,(H2,17,19)/t15-/m1/s1. The summed E-state index contributed by atoms with van der Waals surface area (Å²) in [6.45, 7) is 3.35. The van der Waals surface area contributed by atoms with Gasteiger partial charge in [-0.1, -0.05) is 24.6 Å². The second-order valence-electron chi connectivity index (χ2n) is 5.22. The van der Waals surface area contributed by atoms with Gasteiger partial charge in [0.05, 0.1) is 19.3 Å². The number of benzene rings is 1. The Labute approximate surface area is 126 Å². The highest BCUT2D eigenvalue weighted by Gasteiger charge is 2.26. The number of hydrogen-bond acceptors (Lipinski definition) is 4. The smallest absolute Gasteiger partial charge is 0.234 e. The van der Waals surface area contributed by atoms with Gasteiger partial charge in [0.25, 0.3) is 0 Å². The Morgan fingerprint density at radius 1 is 1.19 bits per heavy atom. The van der Waals surface area contributed by atoms with E-state index in [1.807, 2.05) is 30.3 Å². The van der Waals surface area contributed by atoms with E-state index in [4.69, 9.17) is 15.2 Å². The minimum Gasteiger partial charge on any atom is -0.491 e. The van der Waals surface area contributed by atoms with Crippen LogP contribution in [-0.4, -0.2) is 49.8 Å². The molecule has 1 amide bonds. The van der Waals surface area contributed by atoms with Gasteiger partial charge in [0, 0.05) is 6.54 Å². The maximum absolute atomic E-state index is 11.4. The second kappa shape index (κ2) is 8.64. The molecule has 2 rings (SSSR count). The zero-order chi connectivity index (χ0) is 14.9. The van der Waals surface area contributed by atoms with Crippen molar-refractivity contribution in [2.45, 2.75) is 25.3 Å². The Bertz CT molecular complexity index is 425. The van der Waals surface area contributed by atoms with E-state index in [0.717, 1.165) is 38.1 Å². The van der Waals surface area contributed by atoms with Gasteiger partial charge in [-0.2, -0.15) is 0 Å². The molecular formula is C16H24N2O3. The van der Waals surface area contributed by atoms with Gasteiger partial charge in [-0.3, -0.25) is 9.69 Å². The third-order valence-electron chi connectivity index (χ3n) is 3.70. The van der Waals surface area contributed by atoms with E-state index >= 15 is 0 Å². The summed E-state index contributed by atoms with van der Waals surface area (Å²) < 4.78 is 11.1. The number of nitrogens with zero attached hydrogens (tertiary/aromatic N) is 1. The lowest BCUT2D eigenvalue weighted by atomic mass is 10.0. The summed E-state index contributed by atoms with van der Waals surface area (Å²) in [5.74, 6) is 0.632. The van der Waals surface area contributed by atoms with Crippen molar-refractivity contribution in [1.82, 2.24) is 4.90 Å². The molecule has 1 saturated heterocycles. The fourth-order valence-corrected chi connectivity index (χ4v) is 2.60. The molecule has 0 unspecified atom stereocenters. The Hall–Kier alpha value is -1.59. The van der Waals surface area contributed by atoms with Gasteiger partial charge in [0.1, 0.15) is 12.4 Å². The SMILES string of the molecule is NC(=O)[C@H]1CCCCN1CCOCCOc1ccccc1. The molecule has 1 aliphatic rings. The molecule has 1 heterocycles. The molecule has 0 radical (unpaired) electrons. The quantitative estimate of drug-likeness (QED) is 0.736. The van der Waals surface area contributed by atoms with E-state index in [9.17, 15) is 4.79 Å². The predicted molar refractivity (Wildman–Crippen MR) is 81.2 cm³/mol. The third kappa shape index (κ3) is 5.36. The molecular weight excluding hydrogens is 268 g/mol. The first-order valence-corrected chi connectivity index (χ1v) is 7.56. The van der Waals surface area contributed by atoms with Gasteiger partial charge in [-0.05, 0) is 31.5 Å². The maximum atomic E-state index is 11.4. The van der Waals surface area contributed by atoms with Gasteiger partial charge in [-0.25, -0.2) is 0 Å². The Morgan fingerprint density at radius 3 is 2.76 bits per heavy atom. The number of para-hydroxylation sites is 1. The monoisotopic (exact) mass is 292 g/mol. The molecule has 1 aliphatic heterocycles. The van der Waals surface area contributed by atoms with Crippen LogP contribution in [0, 0.1) is 0 Å². The van der Waals surface area contributed by atoms with Crippen molar-refractivity contribution in [1.29, 1.82) is 0 Å². The average molecular weight is 292 g/mol. The molecule has 1 atom stereocenters. The van der Waals surface area contributed by atoms with Crippen LogP contribution in [0.3, 0.4) is 0 Å². The van der Waals surface area contributed by atoms with Gasteiger partial charge in [0.2, 0.25) is 5.91 Å². The van der Waals surface area contributed by atoms with Crippen LogP contribution in [0.5, 0.6) is 5.75 Å². The largest absolute Gasteiger partial charge is 0.491 e. The molecule has 0 bridgehead atoms. The minimum absolute atomic E-state index is 0.122. The first kappa shape index (κ1) is 15.8. The number of carbonyl (C=O) groups excluding carboxylic acids is 1. The van der Waals surface area contributed by atoms with Crippen molar-refractivity contribution >= 4 is 5.91 Å². The summed E-state index contributed by atoms with van der Waals surface area (Å²) in [5, 5.41) is 0. The lowest BCUT2D eigenvalue weighted by Gasteiger charge is -2.33. The van der Waals surface area contributed by atoms with E-state index in [-0.39, 0.29) is 11.9 Å². The number of hydrogen-bond donors (Lipinski definition) is 1. The van der Waals surface area contributed by atoms with Crippen LogP contribution in [0.25, 0.3) is 0 Å². The van der Waals surface area contributed by atoms with Crippen LogP contribution in [0.15, 0.2) is 30.3 Å². The lowest BCUT2D eigenvalue weighted by Crippen LogP contribution is -2.48. The van der Waals surface area contributed by atoms with E-state index in [1.165, 1.54) is 0 Å². The first-order chi connectivity index (χ1) is 10.3. The van der Waals surface area contributed by atoms with Gasteiger partial charge in [0.15, 0.2) is 0 Å². The fraction of sp³-hybridized carbons (Fsp3) is 0.562. The molecule has 1 aromatic rings. The van der Waals surface area contributed by atoms with Crippen LogP contribution in [0.4, 0.5) is 0 Å². The Kier molecular flexibility index (Phi) is 6.50. The van der Waals surface area contributed by atoms with Crippen LogP contribution >= 0.6 is 0 Å². The molecule has 2 N–H and O–H groups in total. The lowest BCUT2D eigenvalue weighted by molar-refractivity contribution is -0.124. The predicted octanol–water partition coefficient (Wildman–Crippen LogP) is 1.42. The summed E-state index contributed by atoms with van der Waals surface area (Å²) in [5.41, 5.74) is 5.43. The number of rotatable bonds is 8. The van der Waals surface area contributed by atoms with Crippen molar-refractivity contribution < 1.29 is 14.3 Å². The van der Waals surface area contributed by atoms with E-state index < -0.39 is 0 Å². The molecule has 1 fully saturated rings. The summed E-state index contributed by atoms with van der Waals surface area (Å²) in [4.78, 5) is 13.5. The number of amides is 1. The molecule has 0 aromatic heterocycles. The minimum atomic E-state index is -0.220. The van der Waals surface area contributed by atoms with E-state index in [1.54, 1.807) is 0 Å². The molecule has 5 heteroatoms. The molecule has 0 saturated carbocycles. The van der Waals surface area contributed by atoms with E-state index in [0.29, 0.717) is 19.8 Å². The first-order valence-electron chi connectivity index (χ1n) is 7.56. The maximum Gasteiger partial charge on any atom is 0.234 e. The van der Waals surface area contributed by atoms with Gasteiger partial charge in [-0.15, -0.1) is 0 Å². The van der Waals surface area contributed by atoms with Gasteiger partial charge < -0.3 is 15.2 Å². The Balaban J connectivity index is 1.57. The highest BCUT2D eigenvalue weighted by Crippen LogP contribution is 2.16. The molecule has 0 spiro atoms. The highest BCUT2D eigenvalue weighted by molar-refractivity contribution is 5.79. The summed E-state index contributed by atoms with van der Waals surface area (Å²) in [7, 11) is 0. The van der Waals surface area contributed by atoms with Gasteiger partial charge >= 0.3 is 0 Å². The summed E-state index contributed by atoms with van der Waals surface area (Å²) in [6, 6.07) is 9.56. The number of piperidine rings is 1. The third-order valence-corrected chi connectivity index (χ3v) is 3.70. The molecule has 5 nitrogen and oxygen atoms in total. The summed E-state index contributed by atoms with van der Waals surface area (Å²) >= 11 is 0. The van der Waals surface area contributed by atoms with E-state index in [2.05, 4.69) is 4.90 Å². The molecule has 21 heavy (non-hydrogen) atoms. The van der Waals surface area contributed by atoms with Crippen molar-refractivity contribution in [3.63, 3.8) is 0 Å².